The van der Waals surface area contributed by atoms with E-state index in [4.69, 9.17) is 11.5 Å². The monoisotopic (exact) mass is 474 g/mol. The first-order valence-electron chi connectivity index (χ1n) is 6.64. The summed E-state index contributed by atoms with van der Waals surface area (Å²) in [5.74, 6) is 0. The SMILES string of the molecule is Nc1ccc([N+](=O)[O-])cc1S(=O)(=O)[O-].Nc1ccc([N+](=O)[O-])cc1S(=O)(=O)[O-].[Ca+2]. The Morgan fingerprint density at radius 1 is 0.690 bits per heavy atom. The van der Waals surface area contributed by atoms with Crippen LogP contribution in [-0.4, -0.2) is 73.5 Å². The largest absolute Gasteiger partial charge is 2.00 e. The van der Waals surface area contributed by atoms with Gasteiger partial charge in [-0.1, -0.05) is 0 Å². The smallest absolute Gasteiger partial charge is 0.744 e. The van der Waals surface area contributed by atoms with E-state index in [1.54, 1.807) is 0 Å². The molecule has 0 spiro atoms. The molecule has 0 aliphatic carbocycles. The zero-order chi connectivity index (χ0) is 21.9. The molecule has 0 saturated heterocycles. The molecule has 2 aromatic rings. The minimum absolute atomic E-state index is 0. The maximum atomic E-state index is 10.6. The van der Waals surface area contributed by atoms with Gasteiger partial charge in [0.25, 0.3) is 11.4 Å². The molecular weight excluding hydrogens is 464 g/mol. The van der Waals surface area contributed by atoms with Gasteiger partial charge in [0.15, 0.2) is 0 Å². The average molecular weight is 474 g/mol. The van der Waals surface area contributed by atoms with Crippen LogP contribution in [0.3, 0.4) is 0 Å². The molecular formula is C12H10CaN4O10S2. The van der Waals surface area contributed by atoms with Crippen molar-refractivity contribution < 1.29 is 35.8 Å². The van der Waals surface area contributed by atoms with Crippen LogP contribution in [0.5, 0.6) is 0 Å². The van der Waals surface area contributed by atoms with Gasteiger partial charge in [0, 0.05) is 35.6 Å². The number of nitrogens with zero attached hydrogens (tertiary/aromatic N) is 2. The topological polar surface area (TPSA) is 253 Å². The molecule has 0 bridgehead atoms. The van der Waals surface area contributed by atoms with E-state index in [2.05, 4.69) is 0 Å². The molecule has 0 fully saturated rings. The van der Waals surface area contributed by atoms with Crippen molar-refractivity contribution in [1.29, 1.82) is 0 Å². The molecule has 0 aromatic heterocycles. The molecule has 0 amide bonds. The van der Waals surface area contributed by atoms with Crippen LogP contribution in [0.2, 0.25) is 0 Å². The molecule has 17 heteroatoms. The molecule has 0 aliphatic rings. The minimum atomic E-state index is -4.77. The molecule has 2 rings (SSSR count). The zero-order valence-electron chi connectivity index (χ0n) is 14.1. The number of nitrogen functional groups attached to an aromatic ring is 2. The van der Waals surface area contributed by atoms with E-state index in [0.29, 0.717) is 12.1 Å². The molecule has 0 saturated carbocycles. The maximum Gasteiger partial charge on any atom is 2.00 e. The van der Waals surface area contributed by atoms with Crippen molar-refractivity contribution in [1.82, 2.24) is 0 Å². The van der Waals surface area contributed by atoms with Gasteiger partial charge < -0.3 is 20.6 Å². The van der Waals surface area contributed by atoms with Gasteiger partial charge >= 0.3 is 37.7 Å². The van der Waals surface area contributed by atoms with Crippen LogP contribution in [0.15, 0.2) is 46.2 Å². The first-order valence-corrected chi connectivity index (χ1v) is 9.46. The minimum Gasteiger partial charge on any atom is -0.744 e. The second kappa shape index (κ2) is 10.1. The van der Waals surface area contributed by atoms with Crippen molar-refractivity contribution in [3.05, 3.63) is 56.6 Å². The summed E-state index contributed by atoms with van der Waals surface area (Å²) < 4.78 is 63.4. The van der Waals surface area contributed by atoms with Gasteiger partial charge in [0.05, 0.1) is 19.6 Å². The Morgan fingerprint density at radius 2 is 0.966 bits per heavy atom. The summed E-state index contributed by atoms with van der Waals surface area (Å²) in [5.41, 5.74) is 8.76. The summed E-state index contributed by atoms with van der Waals surface area (Å²) in [6.45, 7) is 0. The Hall–Kier alpha value is -2.08. The number of hydrogen-bond acceptors (Lipinski definition) is 12. The molecule has 152 valence electrons. The van der Waals surface area contributed by atoms with Gasteiger partial charge in [0.1, 0.15) is 20.2 Å². The van der Waals surface area contributed by atoms with Crippen LogP contribution >= 0.6 is 0 Å². The molecule has 4 N–H and O–H groups in total. The van der Waals surface area contributed by atoms with Crippen LogP contribution in [0.1, 0.15) is 0 Å². The van der Waals surface area contributed by atoms with Crippen LogP contribution in [0.4, 0.5) is 22.7 Å². The Bertz CT molecular complexity index is 1060. The van der Waals surface area contributed by atoms with E-state index in [1.165, 1.54) is 0 Å². The van der Waals surface area contributed by atoms with Crippen LogP contribution in [0, 0.1) is 20.2 Å². The molecule has 0 heterocycles. The van der Waals surface area contributed by atoms with Crippen molar-refractivity contribution in [2.24, 2.45) is 0 Å². The third-order valence-electron chi connectivity index (χ3n) is 2.95. The molecule has 2 aromatic carbocycles. The zero-order valence-corrected chi connectivity index (χ0v) is 18.0. The first-order chi connectivity index (χ1) is 12.6. The molecule has 0 aliphatic heterocycles. The Labute approximate surface area is 193 Å². The van der Waals surface area contributed by atoms with E-state index >= 15 is 0 Å². The Kier molecular flexibility index (Phi) is 9.38. The van der Waals surface area contributed by atoms with Crippen LogP contribution in [-0.2, 0) is 20.2 Å². The van der Waals surface area contributed by atoms with Gasteiger partial charge in [-0.3, -0.25) is 20.2 Å². The number of nitro benzene ring substituents is 2. The molecule has 0 atom stereocenters. The first kappa shape index (κ1) is 26.9. The Balaban J connectivity index is 0.000000523. The summed E-state index contributed by atoms with van der Waals surface area (Å²) in [6.07, 6.45) is 0. The van der Waals surface area contributed by atoms with Crippen molar-refractivity contribution in [3.8, 4) is 0 Å². The van der Waals surface area contributed by atoms with E-state index < -0.39 is 51.2 Å². The summed E-state index contributed by atoms with van der Waals surface area (Å²) in [4.78, 5) is 17.4. The second-order valence-electron chi connectivity index (χ2n) is 4.87. The van der Waals surface area contributed by atoms with Gasteiger partial charge in [-0.05, 0) is 12.1 Å². The second-order valence-corrected chi connectivity index (χ2v) is 7.56. The van der Waals surface area contributed by atoms with Crippen LogP contribution in [0.25, 0.3) is 0 Å². The number of hydrogen-bond donors (Lipinski definition) is 2. The number of benzene rings is 2. The third-order valence-corrected chi connectivity index (χ3v) is 4.74. The maximum absolute atomic E-state index is 10.6. The molecule has 29 heavy (non-hydrogen) atoms. The standard InChI is InChI=1S/2C6H6N2O5S.Ca/c2*7-5-2-1-4(8(9)10)3-6(5)14(11,12)13;/h2*1-3H,7H2,(H,11,12,13);/q;;+2/p-2. The molecule has 0 radical (unpaired) electrons. The number of nitro groups is 2. The van der Waals surface area contributed by atoms with Gasteiger partial charge in [0.2, 0.25) is 0 Å². The van der Waals surface area contributed by atoms with E-state index in [1.807, 2.05) is 0 Å². The fourth-order valence-electron chi connectivity index (χ4n) is 1.71. The van der Waals surface area contributed by atoms with Crippen LogP contribution < -0.4 is 11.5 Å². The van der Waals surface area contributed by atoms with Gasteiger partial charge in [-0.25, -0.2) is 16.8 Å². The normalized spacial score (nSPS) is 10.8. The van der Waals surface area contributed by atoms with E-state index in [9.17, 15) is 46.2 Å². The molecule has 0 unspecified atom stereocenters. The van der Waals surface area contributed by atoms with Crippen molar-refractivity contribution >= 4 is 80.7 Å². The number of nitrogens with two attached hydrogens (primary N) is 2. The predicted molar refractivity (Wildman–Crippen MR) is 96.7 cm³/mol. The van der Waals surface area contributed by atoms with E-state index in [-0.39, 0.29) is 49.1 Å². The Morgan fingerprint density at radius 3 is 1.17 bits per heavy atom. The van der Waals surface area contributed by atoms with Gasteiger partial charge in [-0.15, -0.1) is 0 Å². The summed E-state index contributed by atoms with van der Waals surface area (Å²) in [6, 6.07) is 5.31. The number of non-ortho nitro benzene ring substituents is 2. The summed E-state index contributed by atoms with van der Waals surface area (Å²) in [7, 11) is -9.54. The fraction of sp³-hybridized carbons (Fsp3) is 0. The molecule has 14 nitrogen and oxygen atoms in total. The summed E-state index contributed by atoms with van der Waals surface area (Å²) >= 11 is 0. The van der Waals surface area contributed by atoms with Crippen molar-refractivity contribution in [3.63, 3.8) is 0 Å². The average Bonchev–Trinajstić information content (AvgIpc) is 2.53. The quantitative estimate of drug-likeness (QED) is 0.192. The van der Waals surface area contributed by atoms with E-state index in [0.717, 1.165) is 24.3 Å². The number of rotatable bonds is 4. The number of anilines is 2. The fourth-order valence-corrected chi connectivity index (χ4v) is 2.95. The summed E-state index contributed by atoms with van der Waals surface area (Å²) in [5, 5.41) is 20.5. The van der Waals surface area contributed by atoms with Crippen molar-refractivity contribution in [2.75, 3.05) is 11.5 Å². The van der Waals surface area contributed by atoms with Gasteiger partial charge in [-0.2, -0.15) is 0 Å². The van der Waals surface area contributed by atoms with Crippen molar-refractivity contribution in [2.45, 2.75) is 9.79 Å². The predicted octanol–water partition coefficient (Wildman–Crippen LogP) is -0.219. The third kappa shape index (κ3) is 7.69.